The van der Waals surface area contributed by atoms with E-state index in [1.54, 1.807) is 14.2 Å². The summed E-state index contributed by atoms with van der Waals surface area (Å²) in [5.74, 6) is 1.52. The van der Waals surface area contributed by atoms with Crippen LogP contribution in [0.3, 0.4) is 0 Å². The van der Waals surface area contributed by atoms with Crippen LogP contribution in [-0.4, -0.2) is 14.2 Å². The largest absolute Gasteiger partial charge is 0.493 e. The summed E-state index contributed by atoms with van der Waals surface area (Å²) >= 11 is 6.15. The van der Waals surface area contributed by atoms with Crippen LogP contribution < -0.4 is 9.47 Å². The molecule has 0 aromatic heterocycles. The molecule has 0 bridgehead atoms. The first kappa shape index (κ1) is 13.8. The van der Waals surface area contributed by atoms with Crippen molar-refractivity contribution in [2.24, 2.45) is 0 Å². The van der Waals surface area contributed by atoms with Crippen molar-refractivity contribution in [3.05, 3.63) is 58.6 Å². The first-order valence-corrected chi connectivity index (χ1v) is 6.56. The topological polar surface area (TPSA) is 18.5 Å². The van der Waals surface area contributed by atoms with Crippen LogP contribution in [0.2, 0.25) is 5.02 Å². The number of ether oxygens (including phenoxy) is 2. The Kier molecular flexibility index (Phi) is 4.69. The van der Waals surface area contributed by atoms with Crippen LogP contribution in [0.25, 0.3) is 0 Å². The average Bonchev–Trinajstić information content (AvgIpc) is 2.46. The van der Waals surface area contributed by atoms with E-state index in [0.717, 1.165) is 29.4 Å². The van der Waals surface area contributed by atoms with Crippen molar-refractivity contribution in [3.8, 4) is 11.5 Å². The van der Waals surface area contributed by atoms with Crippen molar-refractivity contribution in [1.82, 2.24) is 0 Å². The maximum Gasteiger partial charge on any atom is 0.160 e. The van der Waals surface area contributed by atoms with Gasteiger partial charge in [0, 0.05) is 5.02 Å². The zero-order valence-electron chi connectivity index (χ0n) is 11.2. The van der Waals surface area contributed by atoms with E-state index in [9.17, 15) is 0 Å². The molecule has 0 fully saturated rings. The van der Waals surface area contributed by atoms with Gasteiger partial charge in [0.2, 0.25) is 0 Å². The van der Waals surface area contributed by atoms with E-state index in [1.807, 2.05) is 30.3 Å². The maximum absolute atomic E-state index is 6.15. The molecule has 0 spiro atoms. The van der Waals surface area contributed by atoms with E-state index in [2.05, 4.69) is 12.1 Å². The van der Waals surface area contributed by atoms with E-state index in [0.29, 0.717) is 0 Å². The molecule has 0 aliphatic heterocycles. The van der Waals surface area contributed by atoms with Gasteiger partial charge in [-0.15, -0.1) is 0 Å². The third-order valence-corrected chi connectivity index (χ3v) is 3.46. The molecule has 0 atom stereocenters. The van der Waals surface area contributed by atoms with Crippen molar-refractivity contribution in [1.29, 1.82) is 0 Å². The van der Waals surface area contributed by atoms with Gasteiger partial charge in [0.25, 0.3) is 0 Å². The van der Waals surface area contributed by atoms with Crippen LogP contribution in [0.5, 0.6) is 11.5 Å². The maximum atomic E-state index is 6.15. The number of hydrogen-bond acceptors (Lipinski definition) is 2. The molecule has 2 rings (SSSR count). The average molecular weight is 277 g/mol. The van der Waals surface area contributed by atoms with Crippen molar-refractivity contribution in [3.63, 3.8) is 0 Å². The van der Waals surface area contributed by atoms with E-state index in [4.69, 9.17) is 21.1 Å². The molecule has 19 heavy (non-hydrogen) atoms. The molecule has 0 heterocycles. The normalized spacial score (nSPS) is 10.3. The fourth-order valence-electron chi connectivity index (χ4n) is 2.02. The minimum atomic E-state index is 0.754. The number of halogens is 1. The van der Waals surface area contributed by atoms with E-state index >= 15 is 0 Å². The molecule has 2 aromatic carbocycles. The fourth-order valence-corrected chi connectivity index (χ4v) is 2.25. The smallest absolute Gasteiger partial charge is 0.160 e. The summed E-state index contributed by atoms with van der Waals surface area (Å²) in [5.41, 5.74) is 2.37. The lowest BCUT2D eigenvalue weighted by atomic mass is 10.0. The SMILES string of the molecule is COc1ccc(CCc2ccccc2Cl)cc1OC. The summed E-state index contributed by atoms with van der Waals surface area (Å²) in [6, 6.07) is 13.9. The van der Waals surface area contributed by atoms with Gasteiger partial charge >= 0.3 is 0 Å². The van der Waals surface area contributed by atoms with Gasteiger partial charge in [-0.25, -0.2) is 0 Å². The lowest BCUT2D eigenvalue weighted by Gasteiger charge is -2.10. The predicted octanol–water partition coefficient (Wildman–Crippen LogP) is 4.14. The van der Waals surface area contributed by atoms with Crippen LogP contribution in [0.15, 0.2) is 42.5 Å². The number of rotatable bonds is 5. The summed E-state index contributed by atoms with van der Waals surface area (Å²) in [7, 11) is 3.29. The highest BCUT2D eigenvalue weighted by molar-refractivity contribution is 6.31. The highest BCUT2D eigenvalue weighted by atomic mass is 35.5. The molecule has 0 aliphatic rings. The molecule has 0 unspecified atom stereocenters. The Hall–Kier alpha value is -1.67. The van der Waals surface area contributed by atoms with Crippen molar-refractivity contribution < 1.29 is 9.47 Å². The van der Waals surface area contributed by atoms with Gasteiger partial charge in [-0.1, -0.05) is 35.9 Å². The molecule has 0 amide bonds. The van der Waals surface area contributed by atoms with Gasteiger partial charge in [-0.05, 0) is 42.2 Å². The van der Waals surface area contributed by atoms with Crippen LogP contribution in [0.1, 0.15) is 11.1 Å². The molecular formula is C16H17ClO2. The van der Waals surface area contributed by atoms with Crippen molar-refractivity contribution in [2.75, 3.05) is 14.2 Å². The zero-order valence-corrected chi connectivity index (χ0v) is 11.9. The highest BCUT2D eigenvalue weighted by Crippen LogP contribution is 2.28. The number of methoxy groups -OCH3 is 2. The predicted molar refractivity (Wildman–Crippen MR) is 78.4 cm³/mol. The van der Waals surface area contributed by atoms with E-state index < -0.39 is 0 Å². The zero-order chi connectivity index (χ0) is 13.7. The lowest BCUT2D eigenvalue weighted by molar-refractivity contribution is 0.354. The molecular weight excluding hydrogens is 260 g/mol. The second-order valence-corrected chi connectivity index (χ2v) is 4.69. The van der Waals surface area contributed by atoms with Gasteiger partial charge < -0.3 is 9.47 Å². The van der Waals surface area contributed by atoms with Gasteiger partial charge in [0.05, 0.1) is 14.2 Å². The van der Waals surface area contributed by atoms with Gasteiger partial charge in [0.15, 0.2) is 11.5 Å². The van der Waals surface area contributed by atoms with Gasteiger partial charge in [-0.2, -0.15) is 0 Å². The minimum Gasteiger partial charge on any atom is -0.493 e. The number of aryl methyl sites for hydroxylation is 2. The Labute approximate surface area is 118 Å². The minimum absolute atomic E-state index is 0.754. The summed E-state index contributed by atoms with van der Waals surface area (Å²) in [4.78, 5) is 0. The molecule has 0 aliphatic carbocycles. The Balaban J connectivity index is 2.10. The Morgan fingerprint density at radius 1 is 0.895 bits per heavy atom. The number of benzene rings is 2. The van der Waals surface area contributed by atoms with Crippen molar-refractivity contribution in [2.45, 2.75) is 12.8 Å². The molecule has 0 N–H and O–H groups in total. The molecule has 0 saturated heterocycles. The Bertz CT molecular complexity index is 552. The second-order valence-electron chi connectivity index (χ2n) is 4.28. The van der Waals surface area contributed by atoms with E-state index in [1.165, 1.54) is 11.1 Å². The molecule has 0 radical (unpaired) electrons. The third-order valence-electron chi connectivity index (χ3n) is 3.09. The molecule has 0 saturated carbocycles. The van der Waals surface area contributed by atoms with E-state index in [-0.39, 0.29) is 0 Å². The standard InChI is InChI=1S/C16H17ClO2/c1-18-15-10-8-12(11-16(15)19-2)7-9-13-5-3-4-6-14(13)17/h3-6,8,10-11H,7,9H2,1-2H3. The van der Waals surface area contributed by atoms with Crippen molar-refractivity contribution >= 4 is 11.6 Å². The molecule has 2 aromatic rings. The quantitative estimate of drug-likeness (QED) is 0.817. The summed E-state index contributed by atoms with van der Waals surface area (Å²) < 4.78 is 10.5. The van der Waals surface area contributed by atoms with Crippen LogP contribution >= 0.6 is 11.6 Å². The summed E-state index contributed by atoms with van der Waals surface area (Å²) in [6.07, 6.45) is 1.83. The lowest BCUT2D eigenvalue weighted by Crippen LogP contribution is -1.95. The van der Waals surface area contributed by atoms with Gasteiger partial charge in [0.1, 0.15) is 0 Å². The van der Waals surface area contributed by atoms with Gasteiger partial charge in [-0.3, -0.25) is 0 Å². The van der Waals surface area contributed by atoms with Crippen LogP contribution in [-0.2, 0) is 12.8 Å². The summed E-state index contributed by atoms with van der Waals surface area (Å²) in [5, 5.41) is 0.822. The molecule has 3 heteroatoms. The fraction of sp³-hybridized carbons (Fsp3) is 0.250. The molecule has 2 nitrogen and oxygen atoms in total. The Morgan fingerprint density at radius 2 is 1.63 bits per heavy atom. The highest BCUT2D eigenvalue weighted by Gasteiger charge is 2.05. The number of hydrogen-bond donors (Lipinski definition) is 0. The third kappa shape index (κ3) is 3.42. The van der Waals surface area contributed by atoms with Crippen LogP contribution in [0.4, 0.5) is 0 Å². The molecule has 100 valence electrons. The monoisotopic (exact) mass is 276 g/mol. The van der Waals surface area contributed by atoms with Crippen LogP contribution in [0, 0.1) is 0 Å². The first-order valence-electron chi connectivity index (χ1n) is 6.19. The second kappa shape index (κ2) is 6.48. The first-order chi connectivity index (χ1) is 9.24. The Morgan fingerprint density at radius 3 is 2.32 bits per heavy atom. The summed E-state index contributed by atoms with van der Waals surface area (Å²) in [6.45, 7) is 0.